The number of carbonyl (C=O) groups is 2. The number of benzene rings is 1. The Kier molecular flexibility index (Phi) is 5.64. The molecule has 2 N–H and O–H groups in total. The highest BCUT2D eigenvalue weighted by Crippen LogP contribution is 2.15. The lowest BCUT2D eigenvalue weighted by atomic mass is 10.1. The molecule has 1 saturated heterocycles. The highest BCUT2D eigenvalue weighted by Gasteiger charge is 2.18. The zero-order valence-electron chi connectivity index (χ0n) is 14.3. The molecule has 5 nitrogen and oxygen atoms in total. The van der Waals surface area contributed by atoms with Crippen LogP contribution in [0.3, 0.4) is 0 Å². The Balaban J connectivity index is 1.86. The van der Waals surface area contributed by atoms with E-state index in [1.807, 2.05) is 49.9 Å². The minimum absolute atomic E-state index is 0.0500. The predicted molar refractivity (Wildman–Crippen MR) is 92.6 cm³/mol. The highest BCUT2D eigenvalue weighted by molar-refractivity contribution is 5.94. The van der Waals surface area contributed by atoms with Gasteiger partial charge in [0.05, 0.1) is 6.54 Å². The Morgan fingerprint density at radius 3 is 2.22 bits per heavy atom. The molecule has 0 atom stereocenters. The van der Waals surface area contributed by atoms with Crippen molar-refractivity contribution in [2.45, 2.75) is 45.6 Å². The SMILES string of the molecule is CC(C)(C)NC(=O)CNc1ccc(C(=O)N2CCCCC2)cc1. The maximum absolute atomic E-state index is 12.4. The van der Waals surface area contributed by atoms with Crippen LogP contribution in [0, 0.1) is 0 Å². The van der Waals surface area contributed by atoms with Crippen molar-refractivity contribution in [1.82, 2.24) is 10.2 Å². The van der Waals surface area contributed by atoms with E-state index in [0.717, 1.165) is 31.6 Å². The summed E-state index contributed by atoms with van der Waals surface area (Å²) in [7, 11) is 0. The highest BCUT2D eigenvalue weighted by atomic mass is 16.2. The number of hydrogen-bond donors (Lipinski definition) is 2. The number of amides is 2. The molecule has 0 saturated carbocycles. The molecule has 2 rings (SSSR count). The van der Waals surface area contributed by atoms with E-state index in [1.165, 1.54) is 6.42 Å². The third-order valence-electron chi connectivity index (χ3n) is 3.74. The first-order chi connectivity index (χ1) is 10.8. The van der Waals surface area contributed by atoms with Crippen molar-refractivity contribution >= 4 is 17.5 Å². The molecule has 1 aliphatic heterocycles. The van der Waals surface area contributed by atoms with Gasteiger partial charge in [-0.3, -0.25) is 9.59 Å². The number of nitrogens with zero attached hydrogens (tertiary/aromatic N) is 1. The number of anilines is 1. The molecule has 2 amide bonds. The molecule has 1 fully saturated rings. The Morgan fingerprint density at radius 2 is 1.65 bits per heavy atom. The second-order valence-corrected chi connectivity index (χ2v) is 7.08. The van der Waals surface area contributed by atoms with Crippen LogP contribution in [0.5, 0.6) is 0 Å². The summed E-state index contributed by atoms with van der Waals surface area (Å²) in [5.74, 6) is 0.0488. The number of hydrogen-bond acceptors (Lipinski definition) is 3. The Labute approximate surface area is 138 Å². The van der Waals surface area contributed by atoms with Crippen LogP contribution < -0.4 is 10.6 Å². The van der Waals surface area contributed by atoms with Crippen molar-refractivity contribution in [2.24, 2.45) is 0 Å². The lowest BCUT2D eigenvalue weighted by Gasteiger charge is -2.26. The van der Waals surface area contributed by atoms with Crippen molar-refractivity contribution < 1.29 is 9.59 Å². The largest absolute Gasteiger partial charge is 0.376 e. The Hall–Kier alpha value is -2.04. The first kappa shape index (κ1) is 17.3. The molecule has 1 aromatic carbocycles. The van der Waals surface area contributed by atoms with E-state index < -0.39 is 0 Å². The van der Waals surface area contributed by atoms with Gasteiger partial charge in [-0.2, -0.15) is 0 Å². The van der Waals surface area contributed by atoms with E-state index in [-0.39, 0.29) is 23.9 Å². The standard InChI is InChI=1S/C18H27N3O2/c1-18(2,3)20-16(22)13-19-15-9-7-14(8-10-15)17(23)21-11-5-4-6-12-21/h7-10,19H,4-6,11-13H2,1-3H3,(H,20,22). The molecule has 23 heavy (non-hydrogen) atoms. The number of likely N-dealkylation sites (tertiary alicyclic amines) is 1. The molecule has 0 bridgehead atoms. The average molecular weight is 317 g/mol. The first-order valence-electron chi connectivity index (χ1n) is 8.29. The number of rotatable bonds is 4. The van der Waals surface area contributed by atoms with Gasteiger partial charge in [0.25, 0.3) is 5.91 Å². The van der Waals surface area contributed by atoms with Gasteiger partial charge in [0.1, 0.15) is 0 Å². The number of nitrogens with one attached hydrogen (secondary N) is 2. The summed E-state index contributed by atoms with van der Waals surface area (Å²) >= 11 is 0. The van der Waals surface area contributed by atoms with Crippen molar-refractivity contribution in [1.29, 1.82) is 0 Å². The topological polar surface area (TPSA) is 61.4 Å². The van der Waals surface area contributed by atoms with Gasteiger partial charge in [0.15, 0.2) is 0 Å². The van der Waals surface area contributed by atoms with Crippen LogP contribution in [0.25, 0.3) is 0 Å². The van der Waals surface area contributed by atoms with Gasteiger partial charge in [-0.05, 0) is 64.3 Å². The number of carbonyl (C=O) groups excluding carboxylic acids is 2. The van der Waals surface area contributed by atoms with E-state index in [2.05, 4.69) is 10.6 Å². The van der Waals surface area contributed by atoms with Crippen LogP contribution in [-0.4, -0.2) is 41.9 Å². The average Bonchev–Trinajstić information content (AvgIpc) is 2.52. The fourth-order valence-electron chi connectivity index (χ4n) is 2.66. The molecule has 0 unspecified atom stereocenters. The second kappa shape index (κ2) is 7.49. The van der Waals surface area contributed by atoms with Crippen molar-refractivity contribution in [3.8, 4) is 0 Å². The number of piperidine rings is 1. The molecule has 0 aliphatic carbocycles. The van der Waals surface area contributed by atoms with Crippen LogP contribution in [0.1, 0.15) is 50.4 Å². The Morgan fingerprint density at radius 1 is 1.04 bits per heavy atom. The van der Waals surface area contributed by atoms with Crippen LogP contribution >= 0.6 is 0 Å². The minimum atomic E-state index is -0.233. The van der Waals surface area contributed by atoms with Gasteiger partial charge >= 0.3 is 0 Å². The summed E-state index contributed by atoms with van der Waals surface area (Å²) in [6.45, 7) is 7.78. The molecule has 126 valence electrons. The molecular formula is C18H27N3O2. The molecule has 0 radical (unpaired) electrons. The van der Waals surface area contributed by atoms with Crippen molar-refractivity contribution in [3.63, 3.8) is 0 Å². The van der Waals surface area contributed by atoms with Crippen LogP contribution in [0.2, 0.25) is 0 Å². The maximum atomic E-state index is 12.4. The molecule has 0 aromatic heterocycles. The third kappa shape index (κ3) is 5.58. The smallest absolute Gasteiger partial charge is 0.253 e. The van der Waals surface area contributed by atoms with Crippen LogP contribution in [0.15, 0.2) is 24.3 Å². The molecule has 1 aromatic rings. The zero-order valence-corrected chi connectivity index (χ0v) is 14.3. The van der Waals surface area contributed by atoms with Crippen molar-refractivity contribution in [3.05, 3.63) is 29.8 Å². The lowest BCUT2D eigenvalue weighted by molar-refractivity contribution is -0.120. The summed E-state index contributed by atoms with van der Waals surface area (Å²) < 4.78 is 0. The maximum Gasteiger partial charge on any atom is 0.253 e. The van der Waals surface area contributed by atoms with E-state index in [4.69, 9.17) is 0 Å². The van der Waals surface area contributed by atoms with E-state index >= 15 is 0 Å². The molecule has 1 aliphatic rings. The van der Waals surface area contributed by atoms with Crippen LogP contribution in [-0.2, 0) is 4.79 Å². The summed E-state index contributed by atoms with van der Waals surface area (Å²) in [6.07, 6.45) is 3.39. The monoisotopic (exact) mass is 317 g/mol. The van der Waals surface area contributed by atoms with Crippen molar-refractivity contribution in [2.75, 3.05) is 25.0 Å². The van der Waals surface area contributed by atoms with Gasteiger partial charge in [-0.1, -0.05) is 0 Å². The summed E-state index contributed by atoms with van der Waals surface area (Å²) in [6, 6.07) is 7.34. The van der Waals surface area contributed by atoms with E-state index in [0.29, 0.717) is 5.56 Å². The lowest BCUT2D eigenvalue weighted by Crippen LogP contribution is -2.43. The van der Waals surface area contributed by atoms with Gasteiger partial charge in [0.2, 0.25) is 5.91 Å². The van der Waals surface area contributed by atoms with E-state index in [9.17, 15) is 9.59 Å². The summed E-state index contributed by atoms with van der Waals surface area (Å²) in [5.41, 5.74) is 1.31. The first-order valence-corrected chi connectivity index (χ1v) is 8.29. The van der Waals surface area contributed by atoms with Gasteiger partial charge in [-0.25, -0.2) is 0 Å². The zero-order chi connectivity index (χ0) is 16.9. The summed E-state index contributed by atoms with van der Waals surface area (Å²) in [4.78, 5) is 26.1. The van der Waals surface area contributed by atoms with Gasteiger partial charge < -0.3 is 15.5 Å². The van der Waals surface area contributed by atoms with Crippen LogP contribution in [0.4, 0.5) is 5.69 Å². The quantitative estimate of drug-likeness (QED) is 0.897. The predicted octanol–water partition coefficient (Wildman–Crippen LogP) is 2.64. The normalized spacial score (nSPS) is 15.2. The molecular weight excluding hydrogens is 290 g/mol. The van der Waals surface area contributed by atoms with E-state index in [1.54, 1.807) is 0 Å². The fraction of sp³-hybridized carbons (Fsp3) is 0.556. The minimum Gasteiger partial charge on any atom is -0.376 e. The Bertz CT molecular complexity index is 540. The summed E-state index contributed by atoms with van der Waals surface area (Å²) in [5, 5.41) is 5.98. The second-order valence-electron chi connectivity index (χ2n) is 7.08. The van der Waals surface area contributed by atoms with Gasteiger partial charge in [-0.15, -0.1) is 0 Å². The third-order valence-corrected chi connectivity index (χ3v) is 3.74. The molecule has 1 heterocycles. The van der Waals surface area contributed by atoms with Gasteiger partial charge in [0, 0.05) is 29.9 Å². The fourth-order valence-corrected chi connectivity index (χ4v) is 2.66. The molecule has 5 heteroatoms. The molecule has 0 spiro atoms.